The summed E-state index contributed by atoms with van der Waals surface area (Å²) in [7, 11) is 0. The number of hydrogen-bond donors (Lipinski definition) is 2. The van der Waals surface area contributed by atoms with Gasteiger partial charge in [0, 0.05) is 6.07 Å². The maximum Gasteiger partial charge on any atom is 0.573 e. The van der Waals surface area contributed by atoms with Gasteiger partial charge >= 0.3 is 12.2 Å². The van der Waals surface area contributed by atoms with Gasteiger partial charge in [0.25, 0.3) is 5.65 Å². The number of aliphatic hydroxyl groups is 1. The Labute approximate surface area is 165 Å². The molecule has 1 aliphatic rings. The van der Waals surface area contributed by atoms with Crippen molar-refractivity contribution in [2.45, 2.75) is 50.6 Å². The number of rotatable bonds is 4. The minimum atomic E-state index is -4.75. The molecule has 3 aromatic rings. The van der Waals surface area contributed by atoms with Crippen LogP contribution in [0.2, 0.25) is 0 Å². The van der Waals surface area contributed by atoms with E-state index in [0.29, 0.717) is 24.2 Å². The topological polar surface area (TPSA) is 63.4 Å². The second kappa shape index (κ2) is 7.22. The van der Waals surface area contributed by atoms with Gasteiger partial charge < -0.3 is 9.84 Å². The van der Waals surface area contributed by atoms with Gasteiger partial charge in [-0.05, 0) is 61.7 Å². The Kier molecular flexibility index (Phi) is 4.85. The molecule has 0 bridgehead atoms. The first-order chi connectivity index (χ1) is 13.7. The molecule has 6 nitrogen and oxygen atoms in total. The van der Waals surface area contributed by atoms with Crippen LogP contribution in [0.3, 0.4) is 0 Å². The van der Waals surface area contributed by atoms with E-state index in [1.165, 1.54) is 18.2 Å². The van der Waals surface area contributed by atoms with E-state index in [0.717, 1.165) is 18.5 Å². The average molecular weight is 407 g/mol. The molecule has 1 fully saturated rings. The average Bonchev–Trinajstić information content (AvgIpc) is 3.01. The van der Waals surface area contributed by atoms with E-state index < -0.39 is 12.0 Å². The third-order valence-corrected chi connectivity index (χ3v) is 5.17. The second-order valence-corrected chi connectivity index (χ2v) is 7.64. The summed E-state index contributed by atoms with van der Waals surface area (Å²) in [5.74, 6) is 0.195. The summed E-state index contributed by atoms with van der Waals surface area (Å²) in [6, 6.07) is 11.5. The van der Waals surface area contributed by atoms with Gasteiger partial charge in [-0.15, -0.1) is 13.2 Å². The van der Waals surface area contributed by atoms with Crippen molar-refractivity contribution in [2.24, 2.45) is 0 Å². The van der Waals surface area contributed by atoms with Gasteiger partial charge in [0.15, 0.2) is 0 Å². The predicted molar refractivity (Wildman–Crippen MR) is 99.7 cm³/mol. The third-order valence-electron chi connectivity index (χ3n) is 5.17. The number of hydrogen-bond acceptors (Lipinski definition) is 4. The number of fused-ring (bicyclic) bond motifs is 1. The van der Waals surface area contributed by atoms with E-state index in [1.54, 1.807) is 21.5 Å². The summed E-state index contributed by atoms with van der Waals surface area (Å²) in [4.78, 5) is 1.65. The van der Waals surface area contributed by atoms with Gasteiger partial charge in [0.05, 0.1) is 28.5 Å². The maximum atomic E-state index is 12.6. The molecule has 4 rings (SSSR count). The predicted octanol–water partition coefficient (Wildman–Crippen LogP) is 3.42. The lowest BCUT2D eigenvalue weighted by molar-refractivity contribution is -0.500. The van der Waals surface area contributed by atoms with E-state index in [2.05, 4.69) is 15.3 Å². The monoisotopic (exact) mass is 407 g/mol. The molecule has 0 radical (unpaired) electrons. The molecule has 2 N–H and O–H groups in total. The lowest BCUT2D eigenvalue weighted by Gasteiger charge is -2.32. The summed E-state index contributed by atoms with van der Waals surface area (Å²) in [6.45, 7) is 1.84. The quantitative estimate of drug-likeness (QED) is 0.651. The van der Waals surface area contributed by atoms with Crippen LogP contribution < -0.4 is 14.6 Å². The Balaban J connectivity index is 1.66. The van der Waals surface area contributed by atoms with Crippen molar-refractivity contribution < 1.29 is 27.4 Å². The Morgan fingerprint density at radius 3 is 2.69 bits per heavy atom. The summed E-state index contributed by atoms with van der Waals surface area (Å²) >= 11 is 0. The Hall–Kier alpha value is -2.81. The SMILES string of the molecule is CC1(O)CCC(Nn2nc(-c3cccc(OC(F)(F)F)c3)[n+]3ccccc23)CC1. The molecule has 0 atom stereocenters. The highest BCUT2D eigenvalue weighted by atomic mass is 19.4. The molecule has 154 valence electrons. The molecule has 0 saturated heterocycles. The van der Waals surface area contributed by atoms with Crippen LogP contribution in [-0.2, 0) is 0 Å². The highest BCUT2D eigenvalue weighted by Gasteiger charge is 2.33. The van der Waals surface area contributed by atoms with Crippen LogP contribution in [0.4, 0.5) is 13.2 Å². The van der Waals surface area contributed by atoms with Crippen molar-refractivity contribution >= 4 is 5.65 Å². The third kappa shape index (κ3) is 4.45. The molecule has 0 unspecified atom stereocenters. The maximum absolute atomic E-state index is 12.6. The highest BCUT2D eigenvalue weighted by Crippen LogP contribution is 2.29. The van der Waals surface area contributed by atoms with Crippen LogP contribution in [0, 0.1) is 0 Å². The number of aromatic nitrogens is 3. The van der Waals surface area contributed by atoms with E-state index in [4.69, 9.17) is 0 Å². The highest BCUT2D eigenvalue weighted by molar-refractivity contribution is 5.56. The fraction of sp³-hybridized carbons (Fsp3) is 0.400. The first-order valence-electron chi connectivity index (χ1n) is 9.45. The van der Waals surface area contributed by atoms with Crippen molar-refractivity contribution in [3.8, 4) is 17.1 Å². The lowest BCUT2D eigenvalue weighted by atomic mass is 9.84. The summed E-state index contributed by atoms with van der Waals surface area (Å²) in [5, 5.41) is 14.7. The Bertz CT molecular complexity index is 1010. The number of halogens is 3. The molecule has 9 heteroatoms. The number of alkyl halides is 3. The summed E-state index contributed by atoms with van der Waals surface area (Å²) in [5.41, 5.74) is 3.98. The van der Waals surface area contributed by atoms with E-state index in [-0.39, 0.29) is 11.8 Å². The normalized spacial score (nSPS) is 22.6. The van der Waals surface area contributed by atoms with Crippen LogP contribution in [-0.4, -0.2) is 33.0 Å². The molecule has 0 amide bonds. The van der Waals surface area contributed by atoms with Crippen LogP contribution in [0.25, 0.3) is 17.0 Å². The van der Waals surface area contributed by atoms with Gasteiger partial charge in [-0.2, -0.15) is 4.40 Å². The van der Waals surface area contributed by atoms with Crippen LogP contribution in [0.15, 0.2) is 48.7 Å². The van der Waals surface area contributed by atoms with E-state index in [9.17, 15) is 18.3 Å². The number of ether oxygens (including phenoxy) is 1. The van der Waals surface area contributed by atoms with Crippen molar-refractivity contribution in [3.05, 3.63) is 48.7 Å². The van der Waals surface area contributed by atoms with Gasteiger partial charge in [-0.25, -0.2) is 5.43 Å². The summed E-state index contributed by atoms with van der Waals surface area (Å²) in [6.07, 6.45) is 0.0450. The molecule has 1 aliphatic carbocycles. The zero-order valence-corrected chi connectivity index (χ0v) is 15.9. The minimum absolute atomic E-state index is 0.145. The summed E-state index contributed by atoms with van der Waals surface area (Å²) < 4.78 is 43.6. The van der Waals surface area contributed by atoms with E-state index in [1.807, 2.05) is 25.1 Å². The van der Waals surface area contributed by atoms with Gasteiger partial charge in [0.2, 0.25) is 0 Å². The minimum Gasteiger partial charge on any atom is -0.406 e. The second-order valence-electron chi connectivity index (χ2n) is 7.64. The number of nitrogens with zero attached hydrogens (tertiary/aromatic N) is 3. The molecule has 29 heavy (non-hydrogen) atoms. The van der Waals surface area contributed by atoms with Crippen LogP contribution in [0.1, 0.15) is 32.6 Å². The Morgan fingerprint density at radius 2 is 1.97 bits per heavy atom. The van der Waals surface area contributed by atoms with Crippen LogP contribution in [0.5, 0.6) is 5.75 Å². The first kappa shape index (κ1) is 19.5. The van der Waals surface area contributed by atoms with Crippen molar-refractivity contribution in [2.75, 3.05) is 5.43 Å². The molecule has 0 spiro atoms. The fourth-order valence-electron chi connectivity index (χ4n) is 3.65. The van der Waals surface area contributed by atoms with E-state index >= 15 is 0 Å². The number of pyridine rings is 1. The van der Waals surface area contributed by atoms with Crippen LogP contribution >= 0.6 is 0 Å². The van der Waals surface area contributed by atoms with Gasteiger partial charge in [-0.3, -0.25) is 0 Å². The lowest BCUT2D eigenvalue weighted by Crippen LogP contribution is -2.39. The standard InChI is InChI=1S/C20H22F3N4O2/c1-19(28)10-8-15(9-11-19)24-27-17-7-2-3-12-26(17)18(25-27)14-5-4-6-16(13-14)29-20(21,22)23/h2-7,12-13,15,24,28H,8-11H2,1H3/q+1. The van der Waals surface area contributed by atoms with Gasteiger partial charge in [-0.1, -0.05) is 12.1 Å². The molecule has 0 aliphatic heterocycles. The fourth-order valence-corrected chi connectivity index (χ4v) is 3.65. The number of benzene rings is 1. The zero-order valence-electron chi connectivity index (χ0n) is 15.9. The molecular weight excluding hydrogens is 385 g/mol. The van der Waals surface area contributed by atoms with Crippen molar-refractivity contribution in [1.29, 1.82) is 0 Å². The molecule has 2 heterocycles. The smallest absolute Gasteiger partial charge is 0.406 e. The van der Waals surface area contributed by atoms with Gasteiger partial charge in [0.1, 0.15) is 5.75 Å². The number of nitrogens with one attached hydrogen (secondary N) is 1. The molecular formula is C20H22F3N4O2+. The zero-order chi connectivity index (χ0) is 20.6. The first-order valence-corrected chi connectivity index (χ1v) is 9.45. The molecule has 1 aromatic carbocycles. The van der Waals surface area contributed by atoms with Crippen molar-refractivity contribution in [3.63, 3.8) is 0 Å². The Morgan fingerprint density at radius 1 is 1.21 bits per heavy atom. The van der Waals surface area contributed by atoms with Crippen molar-refractivity contribution in [1.82, 2.24) is 9.89 Å². The largest absolute Gasteiger partial charge is 0.573 e. The molecule has 2 aromatic heterocycles. The molecule has 1 saturated carbocycles.